The summed E-state index contributed by atoms with van der Waals surface area (Å²) in [5.74, 6) is 0. The van der Waals surface area contributed by atoms with Crippen LogP contribution in [0, 0.1) is 6.67 Å². The first-order valence-electron chi connectivity index (χ1n) is 9.61. The summed E-state index contributed by atoms with van der Waals surface area (Å²) in [6.45, 7) is 18.4. The Morgan fingerprint density at radius 1 is 0.870 bits per heavy atom. The van der Waals surface area contributed by atoms with Crippen molar-refractivity contribution in [1.82, 2.24) is 19.6 Å². The highest BCUT2D eigenvalue weighted by molar-refractivity contribution is 4.82. The average Bonchev–Trinajstić information content (AvgIpc) is 3.18. The van der Waals surface area contributed by atoms with Gasteiger partial charge in [-0.25, -0.2) is 0 Å². The van der Waals surface area contributed by atoms with E-state index in [9.17, 15) is 0 Å². The minimum atomic E-state index is 0.804. The summed E-state index contributed by atoms with van der Waals surface area (Å²) in [7, 11) is 0. The van der Waals surface area contributed by atoms with Gasteiger partial charge in [0.25, 0.3) is 0 Å². The van der Waals surface area contributed by atoms with Gasteiger partial charge in [-0.05, 0) is 52.2 Å². The second kappa shape index (κ2) is 9.33. The van der Waals surface area contributed by atoms with E-state index in [2.05, 4.69) is 33.2 Å². The van der Waals surface area contributed by atoms with Crippen LogP contribution in [0.3, 0.4) is 0 Å². The molecule has 3 heterocycles. The molecule has 0 bridgehead atoms. The zero-order chi connectivity index (χ0) is 15.9. The van der Waals surface area contributed by atoms with Gasteiger partial charge in [0, 0.05) is 45.3 Å². The van der Waals surface area contributed by atoms with E-state index in [1.165, 1.54) is 51.9 Å². The fraction of sp³-hybridized carbons (Fsp3) is 0.944. The lowest BCUT2D eigenvalue weighted by Gasteiger charge is -2.27. The van der Waals surface area contributed by atoms with Gasteiger partial charge >= 0.3 is 0 Å². The first-order valence-corrected chi connectivity index (χ1v) is 9.61. The number of morpholine rings is 1. The Morgan fingerprint density at radius 3 is 2.22 bits per heavy atom. The maximum Gasteiger partial charge on any atom is 0.146 e. The van der Waals surface area contributed by atoms with Crippen molar-refractivity contribution in [3.05, 3.63) is 6.67 Å². The van der Waals surface area contributed by atoms with E-state index in [-0.39, 0.29) is 0 Å². The van der Waals surface area contributed by atoms with Crippen LogP contribution < -0.4 is 0 Å². The van der Waals surface area contributed by atoms with Crippen LogP contribution in [0.5, 0.6) is 0 Å². The second-order valence-corrected chi connectivity index (χ2v) is 7.26. The molecule has 3 fully saturated rings. The van der Waals surface area contributed by atoms with E-state index >= 15 is 0 Å². The molecule has 0 unspecified atom stereocenters. The second-order valence-electron chi connectivity index (χ2n) is 7.26. The number of ether oxygens (including phenoxy) is 1. The van der Waals surface area contributed by atoms with Gasteiger partial charge in [-0.1, -0.05) is 0 Å². The summed E-state index contributed by atoms with van der Waals surface area (Å²) in [6, 6.07) is 0.804. The van der Waals surface area contributed by atoms with Crippen molar-refractivity contribution in [2.45, 2.75) is 38.6 Å². The molecule has 2 radical (unpaired) electrons. The largest absolute Gasteiger partial charge is 0.379 e. The summed E-state index contributed by atoms with van der Waals surface area (Å²) in [5.41, 5.74) is 0. The highest BCUT2D eigenvalue weighted by atomic mass is 16.5. The monoisotopic (exact) mass is 322 g/mol. The molecule has 3 aliphatic heterocycles. The lowest BCUT2D eigenvalue weighted by atomic mass is 10.2. The van der Waals surface area contributed by atoms with Crippen molar-refractivity contribution in [2.24, 2.45) is 0 Å². The van der Waals surface area contributed by atoms with E-state index in [4.69, 9.17) is 4.74 Å². The normalized spacial score (nSPS) is 28.8. The fourth-order valence-electron chi connectivity index (χ4n) is 3.96. The van der Waals surface area contributed by atoms with Crippen molar-refractivity contribution in [3.8, 4) is 0 Å². The zero-order valence-electron chi connectivity index (χ0n) is 14.9. The first kappa shape index (κ1) is 17.6. The third kappa shape index (κ3) is 5.68. The molecule has 3 rings (SSSR count). The van der Waals surface area contributed by atoms with E-state index in [0.717, 1.165) is 52.0 Å². The standard InChI is InChI=1S/C18H34N4O/c1-18-5-2-9-22(18)10-4-8-21-12-11-20(17-21)7-3-6-19-13-15-23-16-14-19/h18H,2-16H2,1H3/t18-/m0/s1. The minimum Gasteiger partial charge on any atom is -0.379 e. The van der Waals surface area contributed by atoms with Gasteiger partial charge in [-0.15, -0.1) is 0 Å². The number of likely N-dealkylation sites (tertiary alicyclic amines) is 1. The number of nitrogens with zero attached hydrogens (tertiary/aromatic N) is 4. The molecule has 0 aromatic carbocycles. The predicted octanol–water partition coefficient (Wildman–Crippen LogP) is 1.20. The minimum absolute atomic E-state index is 0.804. The van der Waals surface area contributed by atoms with Crippen LogP contribution >= 0.6 is 0 Å². The van der Waals surface area contributed by atoms with Crippen molar-refractivity contribution in [1.29, 1.82) is 0 Å². The Hall–Kier alpha value is -0.200. The molecule has 0 amide bonds. The van der Waals surface area contributed by atoms with Crippen molar-refractivity contribution in [3.63, 3.8) is 0 Å². The van der Waals surface area contributed by atoms with Gasteiger partial charge in [-0.2, -0.15) is 0 Å². The highest BCUT2D eigenvalue weighted by Crippen LogP contribution is 2.17. The number of rotatable bonds is 8. The molecule has 3 saturated heterocycles. The van der Waals surface area contributed by atoms with Crippen molar-refractivity contribution < 1.29 is 4.74 Å². The van der Waals surface area contributed by atoms with Crippen LogP contribution in [0.4, 0.5) is 0 Å². The summed E-state index contributed by atoms with van der Waals surface area (Å²) >= 11 is 0. The van der Waals surface area contributed by atoms with Crippen LogP contribution in [0.2, 0.25) is 0 Å². The van der Waals surface area contributed by atoms with Crippen LogP contribution in [0.15, 0.2) is 0 Å². The lowest BCUT2D eigenvalue weighted by Crippen LogP contribution is -2.37. The van der Waals surface area contributed by atoms with Crippen LogP contribution in [0.25, 0.3) is 0 Å². The van der Waals surface area contributed by atoms with E-state index in [1.54, 1.807) is 0 Å². The van der Waals surface area contributed by atoms with E-state index in [1.807, 2.05) is 0 Å². The topological polar surface area (TPSA) is 22.2 Å². The summed E-state index contributed by atoms with van der Waals surface area (Å²) in [5, 5.41) is 0. The Kier molecular flexibility index (Phi) is 7.14. The molecule has 5 nitrogen and oxygen atoms in total. The van der Waals surface area contributed by atoms with Gasteiger partial charge in [0.15, 0.2) is 0 Å². The molecule has 5 heteroatoms. The summed E-state index contributed by atoms with van der Waals surface area (Å²) in [4.78, 5) is 9.96. The zero-order valence-corrected chi connectivity index (χ0v) is 14.9. The quantitative estimate of drug-likeness (QED) is 0.668. The van der Waals surface area contributed by atoms with Crippen LogP contribution in [-0.4, -0.2) is 97.8 Å². The fourth-order valence-corrected chi connectivity index (χ4v) is 3.96. The molecule has 23 heavy (non-hydrogen) atoms. The Labute approximate surface area is 142 Å². The average molecular weight is 322 g/mol. The van der Waals surface area contributed by atoms with Gasteiger partial charge in [0.1, 0.15) is 6.67 Å². The van der Waals surface area contributed by atoms with Crippen LogP contribution in [-0.2, 0) is 4.74 Å². The van der Waals surface area contributed by atoms with Crippen LogP contribution in [0.1, 0.15) is 32.6 Å². The molecule has 0 aliphatic carbocycles. The SMILES string of the molecule is C[C@H]1CCCN1CCCN1[C]N(CCCN2CCOCC2)CC1. The van der Waals surface area contributed by atoms with Gasteiger partial charge in [-0.3, -0.25) is 14.7 Å². The predicted molar refractivity (Wildman–Crippen MR) is 93.2 cm³/mol. The highest BCUT2D eigenvalue weighted by Gasteiger charge is 2.23. The Balaban J connectivity index is 1.22. The Bertz CT molecular complexity index is 335. The maximum absolute atomic E-state index is 5.40. The molecule has 1 atom stereocenters. The molecule has 0 N–H and O–H groups in total. The lowest BCUT2D eigenvalue weighted by molar-refractivity contribution is 0.0365. The van der Waals surface area contributed by atoms with Gasteiger partial charge < -0.3 is 9.64 Å². The third-order valence-corrected chi connectivity index (χ3v) is 5.49. The molecule has 0 spiro atoms. The van der Waals surface area contributed by atoms with Gasteiger partial charge in [0.05, 0.1) is 13.2 Å². The molecular formula is C18H34N4O. The molecule has 0 aromatic heterocycles. The summed E-state index contributed by atoms with van der Waals surface area (Å²) < 4.78 is 5.40. The maximum atomic E-state index is 5.40. The Morgan fingerprint density at radius 2 is 1.57 bits per heavy atom. The van der Waals surface area contributed by atoms with E-state index < -0.39 is 0 Å². The summed E-state index contributed by atoms with van der Waals surface area (Å²) in [6.07, 6.45) is 5.30. The van der Waals surface area contributed by atoms with Crippen molar-refractivity contribution in [2.75, 3.05) is 72.1 Å². The van der Waals surface area contributed by atoms with Gasteiger partial charge in [0.2, 0.25) is 0 Å². The smallest absolute Gasteiger partial charge is 0.146 e. The first-order chi connectivity index (χ1) is 11.3. The number of hydrogen-bond acceptors (Lipinski definition) is 5. The molecular weight excluding hydrogens is 288 g/mol. The third-order valence-electron chi connectivity index (χ3n) is 5.49. The molecule has 132 valence electrons. The molecule has 0 saturated carbocycles. The molecule has 0 aromatic rings. The molecule has 3 aliphatic rings. The number of hydrogen-bond donors (Lipinski definition) is 0. The van der Waals surface area contributed by atoms with Crippen molar-refractivity contribution >= 4 is 0 Å². The van der Waals surface area contributed by atoms with E-state index in [0.29, 0.717) is 0 Å².